The molecule has 0 aromatic heterocycles. The lowest BCUT2D eigenvalue weighted by Gasteiger charge is -2.37. The summed E-state index contributed by atoms with van der Waals surface area (Å²) in [5.41, 5.74) is 0. The van der Waals surface area contributed by atoms with Crippen molar-refractivity contribution in [3.05, 3.63) is 0 Å². The molecule has 0 aromatic rings. The van der Waals surface area contributed by atoms with Crippen molar-refractivity contribution < 1.29 is 0 Å². The maximum Gasteiger partial charge on any atom is 0.191 e. The largest absolute Gasteiger partial charge is 0.357 e. The molecule has 1 saturated carbocycles. The fourth-order valence-electron chi connectivity index (χ4n) is 4.69. The molecule has 7 heteroatoms. The summed E-state index contributed by atoms with van der Waals surface area (Å²) in [5, 5.41) is 7.17. The molecule has 1 atom stereocenters. The highest BCUT2D eigenvalue weighted by atomic mass is 127. The highest BCUT2D eigenvalue weighted by Crippen LogP contribution is 2.26. The molecule has 0 aromatic carbocycles. The van der Waals surface area contributed by atoms with E-state index >= 15 is 0 Å². The van der Waals surface area contributed by atoms with Crippen molar-refractivity contribution in [2.24, 2.45) is 4.99 Å². The third-order valence-electron chi connectivity index (χ3n) is 6.50. The van der Waals surface area contributed by atoms with Crippen LogP contribution in [-0.4, -0.2) is 98.7 Å². The van der Waals surface area contributed by atoms with Gasteiger partial charge in [0.2, 0.25) is 0 Å². The van der Waals surface area contributed by atoms with E-state index in [0.29, 0.717) is 12.1 Å². The Hall–Kier alpha value is -0.120. The number of likely N-dealkylation sites (tertiary alicyclic amines) is 1. The molecule has 3 aliphatic rings. The van der Waals surface area contributed by atoms with E-state index < -0.39 is 0 Å². The third-order valence-corrected chi connectivity index (χ3v) is 6.50. The second-order valence-corrected chi connectivity index (χ2v) is 8.51. The van der Waals surface area contributed by atoms with E-state index in [1.54, 1.807) is 0 Å². The normalized spacial score (nSPS) is 27.5. The van der Waals surface area contributed by atoms with E-state index in [1.807, 2.05) is 0 Å². The van der Waals surface area contributed by atoms with Crippen LogP contribution in [0.2, 0.25) is 0 Å². The van der Waals surface area contributed by atoms with Crippen molar-refractivity contribution in [2.45, 2.75) is 63.6 Å². The standard InChI is InChI=1S/C20H40N6.HI/c1-4-21-20(22-15-19-16-24(2)13-14-25(19)3)23-17-9-11-26(12-10-17)18-7-5-6-8-18;/h17-19H,4-16H2,1-3H3,(H2,21,22,23);1H. The first-order valence-electron chi connectivity index (χ1n) is 10.8. The first-order chi connectivity index (χ1) is 12.7. The Morgan fingerprint density at radius 3 is 2.37 bits per heavy atom. The van der Waals surface area contributed by atoms with Crippen LogP contribution < -0.4 is 10.6 Å². The van der Waals surface area contributed by atoms with Gasteiger partial charge in [0, 0.05) is 57.4 Å². The van der Waals surface area contributed by atoms with Gasteiger partial charge in [0.25, 0.3) is 0 Å². The van der Waals surface area contributed by atoms with Crippen LogP contribution in [0.15, 0.2) is 4.99 Å². The van der Waals surface area contributed by atoms with Crippen molar-refractivity contribution in [3.63, 3.8) is 0 Å². The van der Waals surface area contributed by atoms with Crippen molar-refractivity contribution in [3.8, 4) is 0 Å². The molecule has 2 heterocycles. The summed E-state index contributed by atoms with van der Waals surface area (Å²) in [6, 6.07) is 1.96. The average molecular weight is 492 g/mol. The smallest absolute Gasteiger partial charge is 0.191 e. The van der Waals surface area contributed by atoms with E-state index in [4.69, 9.17) is 4.99 Å². The summed E-state index contributed by atoms with van der Waals surface area (Å²) in [5.74, 6) is 1.01. The second-order valence-electron chi connectivity index (χ2n) is 8.51. The van der Waals surface area contributed by atoms with Crippen LogP contribution in [-0.2, 0) is 0 Å². The minimum Gasteiger partial charge on any atom is -0.357 e. The van der Waals surface area contributed by atoms with Gasteiger partial charge in [-0.2, -0.15) is 0 Å². The number of nitrogens with one attached hydrogen (secondary N) is 2. The van der Waals surface area contributed by atoms with Gasteiger partial charge < -0.3 is 20.4 Å². The maximum atomic E-state index is 4.93. The van der Waals surface area contributed by atoms with E-state index in [-0.39, 0.29) is 24.0 Å². The zero-order valence-corrected chi connectivity index (χ0v) is 20.0. The number of aliphatic imine (C=N–C) groups is 1. The van der Waals surface area contributed by atoms with Crippen molar-refractivity contribution in [2.75, 3.05) is 59.9 Å². The minimum atomic E-state index is 0. The Morgan fingerprint density at radius 2 is 1.70 bits per heavy atom. The molecule has 2 aliphatic heterocycles. The lowest BCUT2D eigenvalue weighted by Crippen LogP contribution is -2.52. The fraction of sp³-hybridized carbons (Fsp3) is 0.950. The molecule has 3 fully saturated rings. The molecule has 2 saturated heterocycles. The van der Waals surface area contributed by atoms with Crippen molar-refractivity contribution >= 4 is 29.9 Å². The summed E-state index contributed by atoms with van der Waals surface area (Å²) in [4.78, 5) is 12.5. The summed E-state index contributed by atoms with van der Waals surface area (Å²) in [7, 11) is 4.44. The van der Waals surface area contributed by atoms with Crippen LogP contribution in [0.4, 0.5) is 0 Å². The van der Waals surface area contributed by atoms with Crippen LogP contribution in [0.5, 0.6) is 0 Å². The van der Waals surface area contributed by atoms with Crippen LogP contribution in [0.1, 0.15) is 45.4 Å². The van der Waals surface area contributed by atoms with E-state index in [0.717, 1.165) is 44.7 Å². The topological polar surface area (TPSA) is 46.1 Å². The molecule has 2 N–H and O–H groups in total. The van der Waals surface area contributed by atoms with Crippen LogP contribution in [0.3, 0.4) is 0 Å². The van der Waals surface area contributed by atoms with Gasteiger partial charge in [-0.15, -0.1) is 24.0 Å². The summed E-state index contributed by atoms with van der Waals surface area (Å²) >= 11 is 0. The zero-order chi connectivity index (χ0) is 18.4. The molecule has 0 amide bonds. The molecule has 0 radical (unpaired) electrons. The number of hydrogen-bond acceptors (Lipinski definition) is 4. The molecule has 1 aliphatic carbocycles. The van der Waals surface area contributed by atoms with Gasteiger partial charge in [-0.1, -0.05) is 12.8 Å². The molecular formula is C20H41IN6. The van der Waals surface area contributed by atoms with Gasteiger partial charge in [-0.05, 0) is 46.7 Å². The SMILES string of the molecule is CCNC(=NCC1CN(C)CCN1C)NC1CCN(C2CCCC2)CC1.I. The number of nitrogens with zero attached hydrogens (tertiary/aromatic N) is 4. The Bertz CT molecular complexity index is 446. The predicted molar refractivity (Wildman–Crippen MR) is 125 cm³/mol. The lowest BCUT2D eigenvalue weighted by molar-refractivity contribution is 0.119. The Morgan fingerprint density at radius 1 is 1.00 bits per heavy atom. The summed E-state index contributed by atoms with van der Waals surface area (Å²) < 4.78 is 0. The molecule has 6 nitrogen and oxygen atoms in total. The van der Waals surface area contributed by atoms with E-state index in [2.05, 4.69) is 46.4 Å². The zero-order valence-electron chi connectivity index (χ0n) is 17.6. The number of piperidine rings is 1. The Kier molecular flexibility index (Phi) is 10.1. The number of likely N-dealkylation sites (N-methyl/N-ethyl adjacent to an activating group) is 2. The monoisotopic (exact) mass is 492 g/mol. The number of piperazine rings is 1. The van der Waals surface area contributed by atoms with Gasteiger partial charge in [0.05, 0.1) is 6.54 Å². The second kappa shape index (κ2) is 11.8. The molecule has 27 heavy (non-hydrogen) atoms. The lowest BCUT2D eigenvalue weighted by atomic mass is 10.0. The number of hydrogen-bond donors (Lipinski definition) is 2. The highest BCUT2D eigenvalue weighted by Gasteiger charge is 2.27. The van der Waals surface area contributed by atoms with Crippen molar-refractivity contribution in [1.82, 2.24) is 25.3 Å². The fourth-order valence-corrected chi connectivity index (χ4v) is 4.69. The van der Waals surface area contributed by atoms with Gasteiger partial charge in [0.1, 0.15) is 0 Å². The number of rotatable bonds is 5. The Balaban J connectivity index is 0.00000261. The summed E-state index contributed by atoms with van der Waals surface area (Å²) in [6.45, 7) is 9.86. The highest BCUT2D eigenvalue weighted by molar-refractivity contribution is 14.0. The maximum absolute atomic E-state index is 4.93. The van der Waals surface area contributed by atoms with E-state index in [1.165, 1.54) is 51.6 Å². The van der Waals surface area contributed by atoms with Gasteiger partial charge in [-0.3, -0.25) is 9.89 Å². The van der Waals surface area contributed by atoms with Crippen LogP contribution >= 0.6 is 24.0 Å². The van der Waals surface area contributed by atoms with Crippen molar-refractivity contribution in [1.29, 1.82) is 0 Å². The Labute approximate surface area is 183 Å². The predicted octanol–water partition coefficient (Wildman–Crippen LogP) is 1.81. The van der Waals surface area contributed by atoms with Crippen LogP contribution in [0.25, 0.3) is 0 Å². The van der Waals surface area contributed by atoms with Gasteiger partial charge >= 0.3 is 0 Å². The van der Waals surface area contributed by atoms with E-state index in [9.17, 15) is 0 Å². The minimum absolute atomic E-state index is 0. The van der Waals surface area contributed by atoms with Gasteiger partial charge in [0.15, 0.2) is 5.96 Å². The third kappa shape index (κ3) is 7.01. The molecule has 0 spiro atoms. The molecule has 1 unspecified atom stereocenters. The average Bonchev–Trinajstić information content (AvgIpc) is 3.18. The number of guanidine groups is 1. The quantitative estimate of drug-likeness (QED) is 0.349. The summed E-state index contributed by atoms with van der Waals surface area (Å²) in [6.07, 6.45) is 8.20. The van der Waals surface area contributed by atoms with Gasteiger partial charge in [-0.25, -0.2) is 0 Å². The first kappa shape index (κ1) is 23.2. The molecule has 158 valence electrons. The molecule has 3 rings (SSSR count). The van der Waals surface area contributed by atoms with Crippen LogP contribution in [0, 0.1) is 0 Å². The molecule has 0 bridgehead atoms. The first-order valence-corrected chi connectivity index (χ1v) is 10.8. The molecular weight excluding hydrogens is 451 g/mol. The number of halogens is 1.